The van der Waals surface area contributed by atoms with Gasteiger partial charge < -0.3 is 10.7 Å². The molecule has 3 heterocycles. The quantitative estimate of drug-likeness (QED) is 0.602. The summed E-state index contributed by atoms with van der Waals surface area (Å²) < 4.78 is 0. The van der Waals surface area contributed by atoms with Crippen LogP contribution in [0.2, 0.25) is 0 Å². The number of hydrogen-bond acceptors (Lipinski definition) is 4. The number of nitrogens with one attached hydrogen (secondary N) is 1. The number of nitrogens with zero attached hydrogens (tertiary/aromatic N) is 3. The van der Waals surface area contributed by atoms with Crippen molar-refractivity contribution in [3.8, 4) is 28.6 Å². The Morgan fingerprint density at radius 3 is 2.72 bits per heavy atom. The molecule has 120 valence electrons. The van der Waals surface area contributed by atoms with Crippen molar-refractivity contribution < 1.29 is 0 Å². The molecule has 0 unspecified atom stereocenters. The predicted octanol–water partition coefficient (Wildman–Crippen LogP) is 3.62. The van der Waals surface area contributed by atoms with E-state index < -0.39 is 0 Å². The van der Waals surface area contributed by atoms with E-state index in [0.29, 0.717) is 12.1 Å². The van der Waals surface area contributed by atoms with Crippen molar-refractivity contribution in [2.75, 3.05) is 0 Å². The van der Waals surface area contributed by atoms with Crippen LogP contribution >= 0.6 is 0 Å². The number of aromatic amines is 1. The fourth-order valence-electron chi connectivity index (χ4n) is 2.88. The van der Waals surface area contributed by atoms with Crippen LogP contribution in [0.4, 0.5) is 0 Å². The molecule has 1 aromatic carbocycles. The second-order valence-corrected chi connectivity index (χ2v) is 5.74. The number of nitriles is 1. The molecule has 0 atom stereocenters. The minimum atomic E-state index is 0.301. The van der Waals surface area contributed by atoms with Gasteiger partial charge in [0.15, 0.2) is 0 Å². The largest absolute Gasteiger partial charge is 0.356 e. The standard InChI is InChI=1S/C20H15N5/c21-10-15-9-19(25-20(15)11-22)14-5-6-23-18(8-14)16-7-13-3-1-2-4-17(13)24-12-16/h1-9,12,25H,11,22H2. The van der Waals surface area contributed by atoms with Crippen LogP contribution in [0.25, 0.3) is 33.4 Å². The maximum absolute atomic E-state index is 9.20. The number of rotatable bonds is 3. The molecule has 3 aromatic heterocycles. The zero-order valence-electron chi connectivity index (χ0n) is 13.4. The summed E-state index contributed by atoms with van der Waals surface area (Å²) >= 11 is 0. The normalized spacial score (nSPS) is 10.7. The molecule has 0 aliphatic heterocycles. The van der Waals surface area contributed by atoms with Crippen LogP contribution in [-0.4, -0.2) is 15.0 Å². The Labute approximate surface area is 144 Å². The number of aromatic nitrogens is 3. The lowest BCUT2D eigenvalue weighted by atomic mass is 10.1. The van der Waals surface area contributed by atoms with Gasteiger partial charge in [0, 0.05) is 46.8 Å². The average molecular weight is 325 g/mol. The van der Waals surface area contributed by atoms with E-state index in [0.717, 1.165) is 39.1 Å². The smallest absolute Gasteiger partial charge is 0.101 e. The minimum Gasteiger partial charge on any atom is -0.356 e. The van der Waals surface area contributed by atoms with E-state index in [9.17, 15) is 5.26 Å². The maximum atomic E-state index is 9.20. The van der Waals surface area contributed by atoms with Crippen LogP contribution in [0.5, 0.6) is 0 Å². The first-order chi connectivity index (χ1) is 12.3. The summed E-state index contributed by atoms with van der Waals surface area (Å²) in [6.45, 7) is 0.301. The molecule has 4 aromatic rings. The summed E-state index contributed by atoms with van der Waals surface area (Å²) in [4.78, 5) is 12.2. The number of H-pyrrole nitrogens is 1. The van der Waals surface area contributed by atoms with Gasteiger partial charge in [0.05, 0.1) is 16.8 Å². The van der Waals surface area contributed by atoms with E-state index in [-0.39, 0.29) is 0 Å². The number of hydrogen-bond donors (Lipinski definition) is 2. The highest BCUT2D eigenvalue weighted by Gasteiger charge is 2.10. The van der Waals surface area contributed by atoms with Crippen LogP contribution in [0.1, 0.15) is 11.3 Å². The zero-order valence-corrected chi connectivity index (χ0v) is 13.4. The number of nitrogens with two attached hydrogens (primary N) is 1. The first kappa shape index (κ1) is 15.1. The number of para-hydroxylation sites is 1. The lowest BCUT2D eigenvalue weighted by Crippen LogP contribution is -1.98. The van der Waals surface area contributed by atoms with E-state index in [2.05, 4.69) is 27.1 Å². The summed E-state index contributed by atoms with van der Waals surface area (Å²) in [6, 6.07) is 17.9. The van der Waals surface area contributed by atoms with Gasteiger partial charge in [-0.15, -0.1) is 0 Å². The molecule has 0 amide bonds. The van der Waals surface area contributed by atoms with Gasteiger partial charge in [-0.25, -0.2) is 0 Å². The van der Waals surface area contributed by atoms with Gasteiger partial charge in [-0.3, -0.25) is 9.97 Å². The fourth-order valence-corrected chi connectivity index (χ4v) is 2.88. The molecule has 0 aliphatic carbocycles. The maximum Gasteiger partial charge on any atom is 0.101 e. The van der Waals surface area contributed by atoms with E-state index in [1.165, 1.54) is 0 Å². The summed E-state index contributed by atoms with van der Waals surface area (Å²) in [5.41, 5.74) is 11.5. The van der Waals surface area contributed by atoms with Crippen LogP contribution in [0, 0.1) is 11.3 Å². The Balaban J connectivity index is 1.78. The third-order valence-corrected chi connectivity index (χ3v) is 4.18. The molecule has 4 rings (SSSR count). The van der Waals surface area contributed by atoms with Crippen LogP contribution < -0.4 is 5.73 Å². The molecule has 5 heteroatoms. The Kier molecular flexibility index (Phi) is 3.73. The summed E-state index contributed by atoms with van der Waals surface area (Å²) in [7, 11) is 0. The molecule has 0 radical (unpaired) electrons. The fraction of sp³-hybridized carbons (Fsp3) is 0.0500. The Bertz CT molecular complexity index is 1100. The molecule has 0 bridgehead atoms. The minimum absolute atomic E-state index is 0.301. The van der Waals surface area contributed by atoms with Crippen LogP contribution in [0.15, 0.2) is 60.9 Å². The summed E-state index contributed by atoms with van der Waals surface area (Å²) in [5.74, 6) is 0. The first-order valence-electron chi connectivity index (χ1n) is 7.92. The van der Waals surface area contributed by atoms with Crippen LogP contribution in [0.3, 0.4) is 0 Å². The highest BCUT2D eigenvalue weighted by atomic mass is 14.8. The van der Waals surface area contributed by atoms with Crippen molar-refractivity contribution in [1.29, 1.82) is 5.26 Å². The second kappa shape index (κ2) is 6.19. The number of benzene rings is 1. The van der Waals surface area contributed by atoms with Crippen molar-refractivity contribution >= 4 is 10.9 Å². The van der Waals surface area contributed by atoms with Gasteiger partial charge in [0.1, 0.15) is 6.07 Å². The molecule has 0 saturated heterocycles. The highest BCUT2D eigenvalue weighted by molar-refractivity contribution is 5.83. The van der Waals surface area contributed by atoms with Crippen molar-refractivity contribution in [2.24, 2.45) is 5.73 Å². The molecule has 0 spiro atoms. The van der Waals surface area contributed by atoms with Crippen molar-refractivity contribution in [3.05, 3.63) is 72.2 Å². The van der Waals surface area contributed by atoms with Gasteiger partial charge >= 0.3 is 0 Å². The van der Waals surface area contributed by atoms with E-state index >= 15 is 0 Å². The van der Waals surface area contributed by atoms with Gasteiger partial charge in [0.25, 0.3) is 0 Å². The topological polar surface area (TPSA) is 91.4 Å². The number of fused-ring (bicyclic) bond motifs is 1. The van der Waals surface area contributed by atoms with E-state index in [4.69, 9.17) is 5.73 Å². The average Bonchev–Trinajstić information content (AvgIpc) is 3.11. The van der Waals surface area contributed by atoms with Gasteiger partial charge in [0.2, 0.25) is 0 Å². The Hall–Kier alpha value is -3.49. The third kappa shape index (κ3) is 2.75. The molecular formula is C20H15N5. The monoisotopic (exact) mass is 325 g/mol. The third-order valence-electron chi connectivity index (χ3n) is 4.18. The Morgan fingerprint density at radius 2 is 1.92 bits per heavy atom. The number of pyridine rings is 2. The second-order valence-electron chi connectivity index (χ2n) is 5.74. The summed E-state index contributed by atoms with van der Waals surface area (Å²) in [5, 5.41) is 10.3. The van der Waals surface area contributed by atoms with E-state index in [1.807, 2.05) is 48.7 Å². The van der Waals surface area contributed by atoms with Crippen LogP contribution in [-0.2, 0) is 6.54 Å². The van der Waals surface area contributed by atoms with E-state index in [1.54, 1.807) is 6.20 Å². The van der Waals surface area contributed by atoms with Gasteiger partial charge in [-0.05, 0) is 30.3 Å². The molecule has 5 nitrogen and oxygen atoms in total. The van der Waals surface area contributed by atoms with Gasteiger partial charge in [-0.1, -0.05) is 18.2 Å². The molecule has 3 N–H and O–H groups in total. The molecule has 0 saturated carbocycles. The van der Waals surface area contributed by atoms with Crippen molar-refractivity contribution in [2.45, 2.75) is 6.54 Å². The highest BCUT2D eigenvalue weighted by Crippen LogP contribution is 2.26. The molecule has 25 heavy (non-hydrogen) atoms. The SMILES string of the molecule is N#Cc1cc(-c2ccnc(-c3cnc4ccccc4c3)c2)[nH]c1CN. The molecular weight excluding hydrogens is 310 g/mol. The predicted molar refractivity (Wildman–Crippen MR) is 97.4 cm³/mol. The zero-order chi connectivity index (χ0) is 17.2. The summed E-state index contributed by atoms with van der Waals surface area (Å²) in [6.07, 6.45) is 3.59. The Morgan fingerprint density at radius 1 is 1.04 bits per heavy atom. The van der Waals surface area contributed by atoms with Crippen molar-refractivity contribution in [1.82, 2.24) is 15.0 Å². The van der Waals surface area contributed by atoms with Gasteiger partial charge in [-0.2, -0.15) is 5.26 Å². The molecule has 0 fully saturated rings. The molecule has 0 aliphatic rings. The lowest BCUT2D eigenvalue weighted by molar-refractivity contribution is 1.01. The lowest BCUT2D eigenvalue weighted by Gasteiger charge is -2.05. The first-order valence-corrected chi connectivity index (χ1v) is 7.92. The van der Waals surface area contributed by atoms with Crippen molar-refractivity contribution in [3.63, 3.8) is 0 Å².